The Labute approximate surface area is 211 Å². The largest absolute Gasteiger partial charge is 0.493 e. The van der Waals surface area contributed by atoms with Crippen LogP contribution >= 0.6 is 12.4 Å². The first kappa shape index (κ1) is 25.3. The van der Waals surface area contributed by atoms with Crippen LogP contribution in [-0.4, -0.2) is 47.2 Å². The van der Waals surface area contributed by atoms with Gasteiger partial charge in [-0.3, -0.25) is 4.90 Å². The molecular formula is C26H29ClN2O5S. The first-order valence-corrected chi connectivity index (χ1v) is 12.8. The van der Waals surface area contributed by atoms with E-state index in [2.05, 4.69) is 15.7 Å². The summed E-state index contributed by atoms with van der Waals surface area (Å²) in [5.74, 6) is 1.49. The summed E-state index contributed by atoms with van der Waals surface area (Å²) in [5.41, 5.74) is 3.82. The van der Waals surface area contributed by atoms with Gasteiger partial charge in [-0.05, 0) is 60.8 Å². The second-order valence-electron chi connectivity index (χ2n) is 8.51. The Balaban J connectivity index is 0.00000289. The lowest BCUT2D eigenvalue weighted by molar-refractivity contribution is 0.250. The van der Waals surface area contributed by atoms with Gasteiger partial charge in [0.25, 0.3) is 0 Å². The van der Waals surface area contributed by atoms with Crippen LogP contribution in [0.2, 0.25) is 0 Å². The fraction of sp³-hybridized carbons (Fsp3) is 0.308. The fourth-order valence-electron chi connectivity index (χ4n) is 4.60. The van der Waals surface area contributed by atoms with Crippen LogP contribution in [0, 0.1) is 0 Å². The van der Waals surface area contributed by atoms with Crippen molar-refractivity contribution < 1.29 is 22.3 Å². The number of fused-ring (bicyclic) bond motifs is 4. The number of halogens is 1. The van der Waals surface area contributed by atoms with E-state index in [-0.39, 0.29) is 17.3 Å². The zero-order chi connectivity index (χ0) is 23.7. The number of benzene rings is 3. The zero-order valence-corrected chi connectivity index (χ0v) is 21.4. The molecule has 0 unspecified atom stereocenters. The predicted octanol–water partition coefficient (Wildman–Crippen LogP) is 4.75. The summed E-state index contributed by atoms with van der Waals surface area (Å²) in [7, 11) is -0.327. The highest BCUT2D eigenvalue weighted by Crippen LogP contribution is 2.33. The van der Waals surface area contributed by atoms with Crippen LogP contribution in [-0.2, 0) is 23.0 Å². The van der Waals surface area contributed by atoms with Crippen molar-refractivity contribution >= 4 is 44.4 Å². The van der Waals surface area contributed by atoms with Crippen molar-refractivity contribution in [1.29, 1.82) is 0 Å². The molecule has 186 valence electrons. The molecule has 35 heavy (non-hydrogen) atoms. The van der Waals surface area contributed by atoms with Crippen molar-refractivity contribution in [1.82, 2.24) is 9.62 Å². The molecule has 1 aliphatic heterocycles. The molecule has 1 aliphatic rings. The van der Waals surface area contributed by atoms with Gasteiger partial charge in [-0.2, -0.15) is 0 Å². The van der Waals surface area contributed by atoms with Gasteiger partial charge in [-0.1, -0.05) is 18.2 Å². The lowest BCUT2D eigenvalue weighted by Gasteiger charge is -2.29. The molecule has 5 rings (SSSR count). The molecule has 0 atom stereocenters. The maximum absolute atomic E-state index is 12.8. The number of ether oxygens (including phenoxy) is 2. The topological polar surface area (TPSA) is 81.0 Å². The standard InChI is InChI=1S/C26H28N2O5S.ClH/c1-31-25-14-18-10-13-28(17-19(18)15-26(25)32-2)12-5-11-27-34(29,30)20-8-9-22-21-6-3-4-7-23(21)33-24(22)16-20;/h3-4,6-9,14-16,27H,5,10-13,17H2,1-2H3;1H. The van der Waals surface area contributed by atoms with Crippen molar-refractivity contribution in [2.45, 2.75) is 24.3 Å². The van der Waals surface area contributed by atoms with E-state index in [9.17, 15) is 8.42 Å². The van der Waals surface area contributed by atoms with E-state index in [0.717, 1.165) is 53.9 Å². The molecule has 2 heterocycles. The van der Waals surface area contributed by atoms with E-state index in [1.165, 1.54) is 11.1 Å². The lowest BCUT2D eigenvalue weighted by atomic mass is 9.98. The second-order valence-corrected chi connectivity index (χ2v) is 10.3. The Morgan fingerprint density at radius 1 is 0.943 bits per heavy atom. The van der Waals surface area contributed by atoms with Crippen LogP contribution in [0.25, 0.3) is 21.9 Å². The number of sulfonamides is 1. The van der Waals surface area contributed by atoms with Crippen LogP contribution in [0.1, 0.15) is 17.5 Å². The number of rotatable bonds is 8. The highest BCUT2D eigenvalue weighted by molar-refractivity contribution is 7.89. The van der Waals surface area contributed by atoms with Crippen molar-refractivity contribution in [2.24, 2.45) is 0 Å². The lowest BCUT2D eigenvalue weighted by Crippen LogP contribution is -2.33. The molecule has 1 N–H and O–H groups in total. The quantitative estimate of drug-likeness (QED) is 0.340. The summed E-state index contributed by atoms with van der Waals surface area (Å²) >= 11 is 0. The number of nitrogens with one attached hydrogen (secondary N) is 1. The van der Waals surface area contributed by atoms with Crippen molar-refractivity contribution in [2.75, 3.05) is 33.9 Å². The Bertz CT molecular complexity index is 1450. The SMILES string of the molecule is COc1cc2c(cc1OC)CN(CCCNS(=O)(=O)c1ccc3c(c1)oc1ccccc13)CC2.Cl. The first-order chi connectivity index (χ1) is 16.5. The van der Waals surface area contributed by atoms with Gasteiger partial charge in [-0.25, -0.2) is 13.1 Å². The Morgan fingerprint density at radius 2 is 1.66 bits per heavy atom. The van der Waals surface area contributed by atoms with E-state index in [4.69, 9.17) is 13.9 Å². The molecule has 4 aromatic rings. The molecule has 0 spiro atoms. The minimum atomic E-state index is -3.62. The van der Waals surface area contributed by atoms with E-state index in [1.807, 2.05) is 36.4 Å². The monoisotopic (exact) mass is 516 g/mol. The molecule has 9 heteroatoms. The van der Waals surface area contributed by atoms with Crippen molar-refractivity contribution in [3.8, 4) is 11.5 Å². The number of nitrogens with zero attached hydrogens (tertiary/aromatic N) is 1. The Morgan fingerprint density at radius 3 is 2.43 bits per heavy atom. The van der Waals surface area contributed by atoms with E-state index < -0.39 is 10.0 Å². The number of hydrogen-bond donors (Lipinski definition) is 1. The van der Waals surface area contributed by atoms with Crippen LogP contribution in [0.5, 0.6) is 11.5 Å². The van der Waals surface area contributed by atoms with E-state index in [1.54, 1.807) is 26.4 Å². The molecule has 0 saturated carbocycles. The number of methoxy groups -OCH3 is 2. The average Bonchev–Trinajstić information content (AvgIpc) is 3.23. The van der Waals surface area contributed by atoms with Crippen LogP contribution in [0.15, 0.2) is 63.9 Å². The summed E-state index contributed by atoms with van der Waals surface area (Å²) in [6, 6.07) is 16.8. The maximum Gasteiger partial charge on any atom is 0.240 e. The third-order valence-corrected chi connectivity index (χ3v) is 7.86. The summed E-state index contributed by atoms with van der Waals surface area (Å²) in [6.45, 7) is 2.91. The van der Waals surface area contributed by atoms with Gasteiger partial charge in [0.2, 0.25) is 10.0 Å². The number of para-hydroxylation sites is 1. The Kier molecular flexibility index (Phi) is 7.56. The molecule has 0 fully saturated rings. The zero-order valence-electron chi connectivity index (χ0n) is 19.7. The van der Waals surface area contributed by atoms with Crippen LogP contribution < -0.4 is 14.2 Å². The summed E-state index contributed by atoms with van der Waals surface area (Å²) in [5, 5.41) is 1.89. The van der Waals surface area contributed by atoms with Gasteiger partial charge < -0.3 is 13.9 Å². The van der Waals surface area contributed by atoms with Gasteiger partial charge in [0.05, 0.1) is 19.1 Å². The molecule has 0 aliphatic carbocycles. The molecule has 0 saturated heterocycles. The van der Waals surface area contributed by atoms with Gasteiger partial charge >= 0.3 is 0 Å². The minimum Gasteiger partial charge on any atom is -0.493 e. The highest BCUT2D eigenvalue weighted by Gasteiger charge is 2.20. The summed E-state index contributed by atoms with van der Waals surface area (Å²) in [6.07, 6.45) is 1.65. The van der Waals surface area contributed by atoms with Crippen molar-refractivity contribution in [3.05, 3.63) is 65.7 Å². The molecule has 0 amide bonds. The average molecular weight is 517 g/mol. The van der Waals surface area contributed by atoms with Crippen LogP contribution in [0.3, 0.4) is 0 Å². The van der Waals surface area contributed by atoms with Gasteiger partial charge in [0.15, 0.2) is 11.5 Å². The second kappa shape index (κ2) is 10.5. The molecular weight excluding hydrogens is 488 g/mol. The molecule has 3 aromatic carbocycles. The van der Waals surface area contributed by atoms with Gasteiger partial charge in [0.1, 0.15) is 11.2 Å². The predicted molar refractivity (Wildman–Crippen MR) is 139 cm³/mol. The van der Waals surface area contributed by atoms with Gasteiger partial charge in [0, 0.05) is 36.5 Å². The molecule has 7 nitrogen and oxygen atoms in total. The highest BCUT2D eigenvalue weighted by atomic mass is 35.5. The fourth-order valence-corrected chi connectivity index (χ4v) is 5.69. The summed E-state index contributed by atoms with van der Waals surface area (Å²) < 4.78 is 45.1. The Hall–Kier alpha value is -2.78. The summed E-state index contributed by atoms with van der Waals surface area (Å²) in [4.78, 5) is 2.55. The van der Waals surface area contributed by atoms with Gasteiger partial charge in [-0.15, -0.1) is 12.4 Å². The molecule has 0 bridgehead atoms. The molecule has 1 aromatic heterocycles. The molecule has 0 radical (unpaired) electrons. The van der Waals surface area contributed by atoms with E-state index >= 15 is 0 Å². The normalized spacial score (nSPS) is 14.0. The third kappa shape index (κ3) is 5.11. The first-order valence-electron chi connectivity index (χ1n) is 11.4. The van der Waals surface area contributed by atoms with E-state index in [0.29, 0.717) is 18.5 Å². The van der Waals surface area contributed by atoms with Crippen LogP contribution in [0.4, 0.5) is 0 Å². The third-order valence-electron chi connectivity index (χ3n) is 6.40. The minimum absolute atomic E-state index is 0. The number of furan rings is 1. The maximum atomic E-state index is 12.8. The smallest absolute Gasteiger partial charge is 0.240 e. The number of hydrogen-bond acceptors (Lipinski definition) is 6. The van der Waals surface area contributed by atoms with Crippen molar-refractivity contribution in [3.63, 3.8) is 0 Å².